The summed E-state index contributed by atoms with van der Waals surface area (Å²) in [6, 6.07) is 35.6. The van der Waals surface area contributed by atoms with Gasteiger partial charge in [-0.05, 0) is 69.8 Å². The van der Waals surface area contributed by atoms with Gasteiger partial charge in [0.25, 0.3) is 0 Å². The van der Waals surface area contributed by atoms with Crippen LogP contribution in [0, 0.1) is 13.8 Å². The van der Waals surface area contributed by atoms with Gasteiger partial charge in [0.15, 0.2) is 0 Å². The normalized spacial score (nSPS) is 12.2. The standard InChI is InChI=1S/C35H25N2.Al/c1-20-28-18-24-15-17-27-31-25(19-29-21(2)34(37(3)35(27)29)23-12-8-5-9-13-23)14-16-26(30(24)31)33(28)36-32(20)22-10-6-4-7-11-22;/h4-19H,1-3H3;/q-1;+1. The van der Waals surface area contributed by atoms with E-state index in [9.17, 15) is 0 Å². The topological polar surface area (TPSA) is 9.86 Å². The highest BCUT2D eigenvalue weighted by atomic mass is 27.1. The molecule has 3 heteroatoms. The molecular weight excluding hydrogens is 475 g/mol. The smallest absolute Gasteiger partial charge is 0.318 e. The Morgan fingerprint density at radius 1 is 0.526 bits per heavy atom. The summed E-state index contributed by atoms with van der Waals surface area (Å²) in [7, 11) is 2.22. The third-order valence-electron chi connectivity index (χ3n) is 8.61. The van der Waals surface area contributed by atoms with Gasteiger partial charge in [-0.15, -0.1) is 0 Å². The molecule has 0 saturated carbocycles. The molecule has 0 fully saturated rings. The molecule has 6 aromatic carbocycles. The summed E-state index contributed by atoms with van der Waals surface area (Å²) in [5, 5.41) is 10.6. The zero-order valence-corrected chi connectivity index (χ0v) is 22.9. The first-order valence-electron chi connectivity index (χ1n) is 13.1. The second kappa shape index (κ2) is 7.74. The lowest BCUT2D eigenvalue weighted by Crippen LogP contribution is -1.96. The van der Waals surface area contributed by atoms with Gasteiger partial charge in [-0.2, -0.15) is 0 Å². The molecule has 0 aliphatic rings. The van der Waals surface area contributed by atoms with Gasteiger partial charge in [0.1, 0.15) is 0 Å². The number of hydrogen-bond acceptors (Lipinski definition) is 0. The Morgan fingerprint density at radius 3 is 1.58 bits per heavy atom. The summed E-state index contributed by atoms with van der Waals surface area (Å²) in [6.07, 6.45) is 0. The van der Waals surface area contributed by atoms with Gasteiger partial charge < -0.3 is 8.12 Å². The van der Waals surface area contributed by atoms with Crippen molar-refractivity contribution in [3.63, 3.8) is 0 Å². The summed E-state index contributed by atoms with van der Waals surface area (Å²) in [5.74, 6) is 0. The first-order chi connectivity index (χ1) is 18.5. The zero-order chi connectivity index (χ0) is 25.7. The molecule has 0 bridgehead atoms. The highest BCUT2D eigenvalue weighted by molar-refractivity contribution is 6.34. The SMILES string of the molecule is Cc1c(-c2ccccc2)n(C)c2c1cc1ccc3c4c(ccc2c14)cc1c(C)c(-c2ccccc2)[n]([Al])c13. The molecule has 2 radical (unpaired) electrons. The summed E-state index contributed by atoms with van der Waals surface area (Å²) in [5.41, 5.74) is 10.3. The Morgan fingerprint density at radius 2 is 1.00 bits per heavy atom. The summed E-state index contributed by atoms with van der Waals surface area (Å²) < 4.78 is 4.72. The average Bonchev–Trinajstić information content (AvgIpc) is 3.35. The molecule has 0 spiro atoms. The van der Waals surface area contributed by atoms with E-state index in [0.29, 0.717) is 0 Å². The number of fused-ring (bicyclic) bond motifs is 4. The first-order valence-corrected chi connectivity index (χ1v) is 13.7. The van der Waals surface area contributed by atoms with Crippen LogP contribution in [0.15, 0.2) is 97.1 Å². The molecule has 8 rings (SSSR count). The van der Waals surface area contributed by atoms with Crippen molar-refractivity contribution in [2.24, 2.45) is 7.05 Å². The molecule has 38 heavy (non-hydrogen) atoms. The lowest BCUT2D eigenvalue weighted by atomic mass is 9.91. The minimum Gasteiger partial charge on any atom is -0.451 e. The van der Waals surface area contributed by atoms with Gasteiger partial charge in [-0.1, -0.05) is 84.9 Å². The molecule has 0 amide bonds. The quantitative estimate of drug-likeness (QED) is 0.166. The predicted octanol–water partition coefficient (Wildman–Crippen LogP) is 8.91. The van der Waals surface area contributed by atoms with Crippen molar-refractivity contribution in [3.05, 3.63) is 108 Å². The van der Waals surface area contributed by atoms with Gasteiger partial charge in [0.05, 0.1) is 11.2 Å². The number of hydrogen-bond donors (Lipinski definition) is 0. The fraction of sp³-hybridized carbons (Fsp3) is 0.0857. The monoisotopic (exact) mass is 500 g/mol. The van der Waals surface area contributed by atoms with Gasteiger partial charge in [-0.25, -0.2) is 0 Å². The second-order valence-electron chi connectivity index (χ2n) is 10.6. The zero-order valence-electron chi connectivity index (χ0n) is 21.7. The Hall–Kier alpha value is -4.03. The van der Waals surface area contributed by atoms with Crippen LogP contribution in [0.25, 0.3) is 76.6 Å². The van der Waals surface area contributed by atoms with E-state index in [0.717, 1.165) is 0 Å². The molecule has 0 atom stereocenters. The van der Waals surface area contributed by atoms with E-state index in [2.05, 4.69) is 143 Å². The van der Waals surface area contributed by atoms with Crippen LogP contribution in [0.2, 0.25) is 0 Å². The van der Waals surface area contributed by atoms with Crippen LogP contribution in [0.5, 0.6) is 0 Å². The molecule has 0 unspecified atom stereocenters. The molecule has 2 aromatic heterocycles. The maximum absolute atomic E-state index is 3.00. The van der Waals surface area contributed by atoms with E-state index in [-0.39, 0.29) is 0 Å². The fourth-order valence-corrected chi connectivity index (χ4v) is 7.60. The lowest BCUT2D eigenvalue weighted by molar-refractivity contribution is 0.977. The van der Waals surface area contributed by atoms with Crippen LogP contribution in [0.4, 0.5) is 0 Å². The number of aromatic nitrogens is 2. The Labute approximate surface area is 229 Å². The van der Waals surface area contributed by atoms with Crippen LogP contribution in [0.1, 0.15) is 11.1 Å². The highest BCUT2D eigenvalue weighted by Gasteiger charge is 2.21. The summed E-state index contributed by atoms with van der Waals surface area (Å²) >= 11 is 3.00. The third-order valence-corrected chi connectivity index (χ3v) is 9.13. The van der Waals surface area contributed by atoms with Crippen molar-refractivity contribution in [2.75, 3.05) is 0 Å². The van der Waals surface area contributed by atoms with Gasteiger partial charge in [0, 0.05) is 39.8 Å². The van der Waals surface area contributed by atoms with Crippen molar-refractivity contribution >= 4 is 70.6 Å². The maximum atomic E-state index is 3.00. The molecule has 8 aromatic rings. The van der Waals surface area contributed by atoms with Crippen molar-refractivity contribution in [1.82, 2.24) is 8.12 Å². The van der Waals surface area contributed by atoms with Crippen LogP contribution >= 0.6 is 0 Å². The molecule has 178 valence electrons. The summed E-state index contributed by atoms with van der Waals surface area (Å²) in [6.45, 7) is 4.52. The average molecular weight is 501 g/mol. The Balaban J connectivity index is 1.53. The lowest BCUT2D eigenvalue weighted by Gasteiger charge is -2.15. The molecule has 2 heterocycles. The van der Waals surface area contributed by atoms with Gasteiger partial charge in [0.2, 0.25) is 0 Å². The van der Waals surface area contributed by atoms with Gasteiger partial charge >= 0.3 is 16.5 Å². The van der Waals surface area contributed by atoms with Crippen LogP contribution in [-0.2, 0) is 7.05 Å². The molecule has 0 aliphatic heterocycles. The number of aryl methyl sites for hydroxylation is 3. The molecule has 0 saturated heterocycles. The molecular formula is C35H25AlN2. The minimum absolute atomic E-state index is 1.24. The number of benzene rings is 6. The molecule has 0 N–H and O–H groups in total. The van der Waals surface area contributed by atoms with E-state index < -0.39 is 0 Å². The fourth-order valence-electron chi connectivity index (χ4n) is 6.98. The minimum atomic E-state index is 1.24. The first kappa shape index (κ1) is 22.0. The van der Waals surface area contributed by atoms with E-state index in [4.69, 9.17) is 0 Å². The summed E-state index contributed by atoms with van der Waals surface area (Å²) in [4.78, 5) is 0. The third kappa shape index (κ3) is 2.73. The van der Waals surface area contributed by atoms with Crippen molar-refractivity contribution in [1.29, 1.82) is 0 Å². The second-order valence-corrected chi connectivity index (χ2v) is 11.1. The van der Waals surface area contributed by atoms with Crippen LogP contribution in [-0.4, -0.2) is 24.6 Å². The number of rotatable bonds is 2. The molecule has 2 nitrogen and oxygen atoms in total. The van der Waals surface area contributed by atoms with Crippen molar-refractivity contribution < 1.29 is 0 Å². The van der Waals surface area contributed by atoms with E-state index in [1.807, 2.05) is 0 Å². The van der Waals surface area contributed by atoms with E-state index in [1.165, 1.54) is 87.8 Å². The predicted molar refractivity (Wildman–Crippen MR) is 164 cm³/mol. The van der Waals surface area contributed by atoms with Gasteiger partial charge in [-0.3, -0.25) is 0 Å². The Kier molecular flexibility index (Phi) is 4.48. The maximum Gasteiger partial charge on any atom is 0.318 e. The molecule has 0 aliphatic carbocycles. The van der Waals surface area contributed by atoms with E-state index in [1.54, 1.807) is 0 Å². The largest absolute Gasteiger partial charge is 0.451 e. The van der Waals surface area contributed by atoms with Crippen LogP contribution < -0.4 is 0 Å². The van der Waals surface area contributed by atoms with Crippen LogP contribution in [0.3, 0.4) is 0 Å². The highest BCUT2D eigenvalue weighted by Crippen LogP contribution is 2.45. The number of nitrogens with zero attached hydrogens (tertiary/aromatic N) is 2. The van der Waals surface area contributed by atoms with Crippen molar-refractivity contribution in [2.45, 2.75) is 13.8 Å². The van der Waals surface area contributed by atoms with Crippen molar-refractivity contribution in [3.8, 4) is 22.5 Å². The Bertz CT molecular complexity index is 2040. The van der Waals surface area contributed by atoms with E-state index >= 15 is 0 Å².